The van der Waals surface area contributed by atoms with E-state index in [4.69, 9.17) is 5.84 Å². The number of aromatic nitrogens is 1. The molecule has 0 spiro atoms. The van der Waals surface area contributed by atoms with Crippen LogP contribution in [0.2, 0.25) is 0 Å². The minimum absolute atomic E-state index is 0.208. The third-order valence-electron chi connectivity index (χ3n) is 2.80. The van der Waals surface area contributed by atoms with E-state index in [1.807, 2.05) is 17.0 Å². The van der Waals surface area contributed by atoms with Gasteiger partial charge < -0.3 is 10.3 Å². The van der Waals surface area contributed by atoms with Crippen LogP contribution in [0, 0.1) is 5.92 Å². The van der Waals surface area contributed by atoms with Gasteiger partial charge in [0.1, 0.15) is 5.82 Å². The molecule has 5 nitrogen and oxygen atoms in total. The molecule has 1 fully saturated rings. The lowest BCUT2D eigenvalue weighted by Gasteiger charge is -2.17. The van der Waals surface area contributed by atoms with Gasteiger partial charge in [0.05, 0.1) is 0 Å². The molecule has 0 aliphatic carbocycles. The zero-order valence-corrected chi connectivity index (χ0v) is 9.31. The van der Waals surface area contributed by atoms with Gasteiger partial charge in [-0.2, -0.15) is 0 Å². The lowest BCUT2D eigenvalue weighted by Crippen LogP contribution is -2.25. The molecule has 1 unspecified atom stereocenters. The van der Waals surface area contributed by atoms with Crippen LogP contribution in [0.1, 0.15) is 18.9 Å². The summed E-state index contributed by atoms with van der Waals surface area (Å²) in [5.41, 5.74) is 3.50. The van der Waals surface area contributed by atoms with Crippen molar-refractivity contribution >= 4 is 11.7 Å². The molecule has 2 heterocycles. The van der Waals surface area contributed by atoms with Crippen LogP contribution in [0.3, 0.4) is 0 Å². The molecule has 1 aromatic heterocycles. The SMILES string of the molecule is CC1CC(=O)N(Cc2cccnc2NN)C1. The number of likely N-dealkylation sites (tertiary alicyclic amines) is 1. The highest BCUT2D eigenvalue weighted by atomic mass is 16.2. The summed E-state index contributed by atoms with van der Waals surface area (Å²) >= 11 is 0. The number of nitrogen functional groups attached to an aromatic ring is 1. The van der Waals surface area contributed by atoms with Gasteiger partial charge in [-0.1, -0.05) is 13.0 Å². The second-order valence-corrected chi connectivity index (χ2v) is 4.24. The van der Waals surface area contributed by atoms with Crippen molar-refractivity contribution in [1.29, 1.82) is 0 Å². The number of rotatable bonds is 3. The summed E-state index contributed by atoms with van der Waals surface area (Å²) in [6, 6.07) is 3.78. The molecule has 1 atom stereocenters. The maximum absolute atomic E-state index is 11.6. The zero-order chi connectivity index (χ0) is 11.5. The molecule has 0 radical (unpaired) electrons. The first-order valence-corrected chi connectivity index (χ1v) is 5.39. The molecular weight excluding hydrogens is 204 g/mol. The quantitative estimate of drug-likeness (QED) is 0.582. The number of pyridine rings is 1. The third kappa shape index (κ3) is 2.14. The first-order valence-electron chi connectivity index (χ1n) is 5.39. The fourth-order valence-electron chi connectivity index (χ4n) is 2.02. The Morgan fingerprint density at radius 1 is 1.69 bits per heavy atom. The predicted octanol–water partition coefficient (Wildman–Crippen LogP) is 0.736. The van der Waals surface area contributed by atoms with Gasteiger partial charge in [-0.05, 0) is 12.0 Å². The molecule has 16 heavy (non-hydrogen) atoms. The third-order valence-corrected chi connectivity index (χ3v) is 2.80. The largest absolute Gasteiger partial charge is 0.338 e. The Morgan fingerprint density at radius 2 is 2.50 bits per heavy atom. The monoisotopic (exact) mass is 220 g/mol. The number of hydrogen-bond acceptors (Lipinski definition) is 4. The normalized spacial score (nSPS) is 20.2. The van der Waals surface area contributed by atoms with Gasteiger partial charge in [-0.15, -0.1) is 0 Å². The highest BCUT2D eigenvalue weighted by Gasteiger charge is 2.26. The fraction of sp³-hybridized carbons (Fsp3) is 0.455. The van der Waals surface area contributed by atoms with E-state index in [-0.39, 0.29) is 5.91 Å². The topological polar surface area (TPSA) is 71.2 Å². The standard InChI is InChI=1S/C11H16N4O/c1-8-5-10(16)15(6-8)7-9-3-2-4-13-11(9)14-12/h2-4,8H,5-7,12H2,1H3,(H,13,14). The Hall–Kier alpha value is -1.62. The smallest absolute Gasteiger partial charge is 0.223 e. The van der Waals surface area contributed by atoms with Gasteiger partial charge in [0.15, 0.2) is 0 Å². The zero-order valence-electron chi connectivity index (χ0n) is 9.31. The van der Waals surface area contributed by atoms with Gasteiger partial charge in [-0.3, -0.25) is 4.79 Å². The molecule has 3 N–H and O–H groups in total. The van der Waals surface area contributed by atoms with Crippen molar-refractivity contribution in [2.24, 2.45) is 11.8 Å². The van der Waals surface area contributed by atoms with Crippen molar-refractivity contribution < 1.29 is 4.79 Å². The summed E-state index contributed by atoms with van der Waals surface area (Å²) in [6.07, 6.45) is 2.32. The van der Waals surface area contributed by atoms with Crippen molar-refractivity contribution in [3.8, 4) is 0 Å². The number of nitrogens with one attached hydrogen (secondary N) is 1. The van der Waals surface area contributed by atoms with Crippen LogP contribution in [-0.2, 0) is 11.3 Å². The van der Waals surface area contributed by atoms with Gasteiger partial charge in [0.2, 0.25) is 5.91 Å². The summed E-state index contributed by atoms with van der Waals surface area (Å²) in [6.45, 7) is 3.48. The van der Waals surface area contributed by atoms with Crippen LogP contribution < -0.4 is 11.3 Å². The second-order valence-electron chi connectivity index (χ2n) is 4.24. The number of hydrogen-bond donors (Lipinski definition) is 2. The summed E-state index contributed by atoms with van der Waals surface area (Å²) in [7, 11) is 0. The van der Waals surface area contributed by atoms with Gasteiger partial charge in [-0.25, -0.2) is 10.8 Å². The Balaban J connectivity index is 2.12. The van der Waals surface area contributed by atoms with Crippen LogP contribution in [0.5, 0.6) is 0 Å². The highest BCUT2D eigenvalue weighted by molar-refractivity contribution is 5.78. The average Bonchev–Trinajstić information content (AvgIpc) is 2.58. The summed E-state index contributed by atoms with van der Waals surface area (Å²) < 4.78 is 0. The number of anilines is 1. The molecule has 1 aliphatic heterocycles. The van der Waals surface area contributed by atoms with Crippen LogP contribution >= 0.6 is 0 Å². The first-order chi connectivity index (χ1) is 7.70. The van der Waals surface area contributed by atoms with Crippen molar-refractivity contribution in [1.82, 2.24) is 9.88 Å². The van der Waals surface area contributed by atoms with E-state index < -0.39 is 0 Å². The lowest BCUT2D eigenvalue weighted by molar-refractivity contribution is -0.128. The molecule has 0 saturated carbocycles. The molecular formula is C11H16N4O. The van der Waals surface area contributed by atoms with Crippen LogP contribution in [0.25, 0.3) is 0 Å². The van der Waals surface area contributed by atoms with Crippen molar-refractivity contribution in [3.05, 3.63) is 23.9 Å². The van der Waals surface area contributed by atoms with E-state index in [1.54, 1.807) is 6.20 Å². The molecule has 1 aromatic rings. The summed E-state index contributed by atoms with van der Waals surface area (Å²) in [5, 5.41) is 0. The second kappa shape index (κ2) is 4.49. The number of nitrogens with two attached hydrogens (primary N) is 1. The molecule has 2 rings (SSSR count). The molecule has 1 amide bonds. The van der Waals surface area contributed by atoms with E-state index in [0.29, 0.717) is 24.7 Å². The fourth-order valence-corrected chi connectivity index (χ4v) is 2.02. The number of carbonyl (C=O) groups is 1. The van der Waals surface area contributed by atoms with E-state index >= 15 is 0 Å². The Kier molecular flexibility index (Phi) is 3.05. The number of hydrazine groups is 1. The molecule has 1 saturated heterocycles. The molecule has 86 valence electrons. The van der Waals surface area contributed by atoms with Crippen LogP contribution in [0.4, 0.5) is 5.82 Å². The Morgan fingerprint density at radius 3 is 3.12 bits per heavy atom. The molecule has 0 aromatic carbocycles. The predicted molar refractivity (Wildman–Crippen MR) is 61.2 cm³/mol. The van der Waals surface area contributed by atoms with Crippen LogP contribution in [-0.4, -0.2) is 22.3 Å². The minimum atomic E-state index is 0.208. The average molecular weight is 220 g/mol. The maximum atomic E-state index is 11.6. The van der Waals surface area contributed by atoms with Gasteiger partial charge in [0, 0.05) is 31.3 Å². The lowest BCUT2D eigenvalue weighted by atomic mass is 10.2. The first kappa shape index (κ1) is 10.9. The van der Waals surface area contributed by atoms with Gasteiger partial charge in [0.25, 0.3) is 0 Å². The highest BCUT2D eigenvalue weighted by Crippen LogP contribution is 2.21. The molecule has 0 bridgehead atoms. The molecule has 1 aliphatic rings. The van der Waals surface area contributed by atoms with Crippen molar-refractivity contribution in [3.63, 3.8) is 0 Å². The van der Waals surface area contributed by atoms with E-state index in [1.165, 1.54) is 0 Å². The maximum Gasteiger partial charge on any atom is 0.223 e. The van der Waals surface area contributed by atoms with E-state index in [9.17, 15) is 4.79 Å². The number of amides is 1. The van der Waals surface area contributed by atoms with Crippen molar-refractivity contribution in [2.75, 3.05) is 12.0 Å². The Labute approximate surface area is 94.6 Å². The Bertz CT molecular complexity index is 393. The van der Waals surface area contributed by atoms with E-state index in [2.05, 4.69) is 17.3 Å². The summed E-state index contributed by atoms with van der Waals surface area (Å²) in [5.74, 6) is 6.66. The number of nitrogens with zero attached hydrogens (tertiary/aromatic N) is 2. The van der Waals surface area contributed by atoms with Crippen LogP contribution in [0.15, 0.2) is 18.3 Å². The minimum Gasteiger partial charge on any atom is -0.338 e. The number of carbonyl (C=O) groups excluding carboxylic acids is 1. The van der Waals surface area contributed by atoms with Gasteiger partial charge >= 0.3 is 0 Å². The van der Waals surface area contributed by atoms with Crippen molar-refractivity contribution in [2.45, 2.75) is 19.9 Å². The summed E-state index contributed by atoms with van der Waals surface area (Å²) in [4.78, 5) is 17.6. The molecule has 5 heteroatoms. The van der Waals surface area contributed by atoms with E-state index in [0.717, 1.165) is 12.1 Å².